The fourth-order valence-corrected chi connectivity index (χ4v) is 1.60. The monoisotopic (exact) mass is 312 g/mol. The van der Waals surface area contributed by atoms with Crippen molar-refractivity contribution in [3.63, 3.8) is 0 Å². The predicted molar refractivity (Wildman–Crippen MR) is 60.2 cm³/mol. The number of alkyl halides is 5. The van der Waals surface area contributed by atoms with Crippen molar-refractivity contribution in [2.24, 2.45) is 0 Å². The van der Waals surface area contributed by atoms with Crippen LogP contribution in [0, 0.1) is 0 Å². The summed E-state index contributed by atoms with van der Waals surface area (Å²) in [4.78, 5) is 3.67. The normalized spacial score (nSPS) is 12.5. The highest BCUT2D eigenvalue weighted by molar-refractivity contribution is 6.32. The van der Waals surface area contributed by atoms with Crippen molar-refractivity contribution in [3.8, 4) is 11.4 Å². The molecule has 0 saturated heterocycles. The number of hydrogen-bond donors (Lipinski definition) is 0. The van der Waals surface area contributed by atoms with Crippen molar-refractivity contribution in [1.82, 2.24) is 9.55 Å². The summed E-state index contributed by atoms with van der Waals surface area (Å²) in [7, 11) is 0. The molecule has 108 valence electrons. The van der Waals surface area contributed by atoms with Gasteiger partial charge in [-0.2, -0.15) is 22.0 Å². The van der Waals surface area contributed by atoms with Gasteiger partial charge in [0, 0.05) is 12.4 Å². The number of hydrogen-bond acceptors (Lipinski definition) is 2. The largest absolute Gasteiger partial charge is 0.499 e. The second-order valence-corrected chi connectivity index (χ2v) is 4.08. The van der Waals surface area contributed by atoms with Gasteiger partial charge in [-0.25, -0.2) is 4.98 Å². The van der Waals surface area contributed by atoms with E-state index in [-0.39, 0.29) is 10.7 Å². The zero-order valence-corrected chi connectivity index (χ0v) is 10.3. The first-order valence-electron chi connectivity index (χ1n) is 5.13. The van der Waals surface area contributed by atoms with E-state index in [2.05, 4.69) is 9.72 Å². The summed E-state index contributed by atoms with van der Waals surface area (Å²) in [6, 6.07) is 3.80. The summed E-state index contributed by atoms with van der Waals surface area (Å²) in [6.45, 7) is 0. The Morgan fingerprint density at radius 1 is 1.15 bits per heavy atom. The summed E-state index contributed by atoms with van der Waals surface area (Å²) in [5, 5.41) is -0.375. The Labute approximate surface area is 114 Å². The molecular formula is C11H6ClF5N2O. The average Bonchev–Trinajstić information content (AvgIpc) is 2.83. The number of ether oxygens (including phenoxy) is 1. The number of aromatic nitrogens is 2. The first-order valence-corrected chi connectivity index (χ1v) is 5.50. The molecule has 0 amide bonds. The van der Waals surface area contributed by atoms with Crippen LogP contribution < -0.4 is 4.74 Å². The van der Waals surface area contributed by atoms with Crippen molar-refractivity contribution in [3.05, 3.63) is 41.9 Å². The molecule has 0 N–H and O–H groups in total. The lowest BCUT2D eigenvalue weighted by atomic mass is 10.3. The Bertz CT molecular complexity index is 597. The maximum Gasteiger partial charge on any atom is 0.499 e. The lowest BCUT2D eigenvalue weighted by Crippen LogP contribution is -2.42. The van der Waals surface area contributed by atoms with Gasteiger partial charge >= 0.3 is 12.3 Å². The molecule has 2 aromatic rings. The number of para-hydroxylation sites is 1. The molecule has 9 heteroatoms. The summed E-state index contributed by atoms with van der Waals surface area (Å²) < 4.78 is 67.6. The fourth-order valence-electron chi connectivity index (χ4n) is 1.39. The Kier molecular flexibility index (Phi) is 3.59. The van der Waals surface area contributed by atoms with Gasteiger partial charge in [0.15, 0.2) is 5.75 Å². The van der Waals surface area contributed by atoms with E-state index in [0.29, 0.717) is 0 Å². The van der Waals surface area contributed by atoms with Crippen LogP contribution in [-0.2, 0) is 0 Å². The Hall–Kier alpha value is -1.83. The molecule has 0 aliphatic carbocycles. The van der Waals surface area contributed by atoms with Gasteiger partial charge in [-0.3, -0.25) is 0 Å². The van der Waals surface area contributed by atoms with E-state index in [1.165, 1.54) is 35.4 Å². The first kappa shape index (κ1) is 14.6. The summed E-state index contributed by atoms with van der Waals surface area (Å²) >= 11 is 5.64. The number of halogens is 6. The van der Waals surface area contributed by atoms with Crippen LogP contribution in [0.25, 0.3) is 5.69 Å². The third-order valence-corrected chi connectivity index (χ3v) is 2.59. The van der Waals surface area contributed by atoms with E-state index in [1.807, 2.05) is 0 Å². The van der Waals surface area contributed by atoms with Gasteiger partial charge in [-0.15, -0.1) is 0 Å². The maximum atomic E-state index is 13.0. The molecule has 1 heterocycles. The minimum atomic E-state index is -5.85. The van der Waals surface area contributed by atoms with Gasteiger partial charge in [0.2, 0.25) is 0 Å². The molecule has 0 fully saturated rings. The van der Waals surface area contributed by atoms with Gasteiger partial charge < -0.3 is 9.30 Å². The van der Waals surface area contributed by atoms with Crippen molar-refractivity contribution in [2.45, 2.75) is 12.3 Å². The van der Waals surface area contributed by atoms with Crippen molar-refractivity contribution < 1.29 is 26.7 Å². The molecule has 0 aliphatic heterocycles. The third-order valence-electron chi connectivity index (χ3n) is 2.29. The Morgan fingerprint density at radius 2 is 1.85 bits per heavy atom. The molecule has 0 radical (unpaired) electrons. The van der Waals surface area contributed by atoms with Crippen LogP contribution in [-0.4, -0.2) is 21.8 Å². The van der Waals surface area contributed by atoms with Crippen LogP contribution in [0.2, 0.25) is 5.02 Å². The molecule has 0 atom stereocenters. The van der Waals surface area contributed by atoms with Crippen LogP contribution in [0.15, 0.2) is 36.9 Å². The number of rotatable bonds is 3. The standard InChI is InChI=1S/C11H6ClF5N2O/c12-7-2-1-3-8(19-5-4-18-6-19)9(7)20-11(16,17)10(13,14)15/h1-6H. The highest BCUT2D eigenvalue weighted by atomic mass is 35.5. The summed E-state index contributed by atoms with van der Waals surface area (Å²) in [5.41, 5.74) is -0.0843. The smallest absolute Gasteiger partial charge is 0.422 e. The maximum absolute atomic E-state index is 13.0. The number of nitrogens with zero attached hydrogens (tertiary/aromatic N) is 2. The Morgan fingerprint density at radius 3 is 2.40 bits per heavy atom. The molecule has 0 aliphatic rings. The lowest BCUT2D eigenvalue weighted by molar-refractivity contribution is -0.360. The second kappa shape index (κ2) is 4.93. The Balaban J connectivity index is 2.47. The van der Waals surface area contributed by atoms with Crippen LogP contribution in [0.1, 0.15) is 0 Å². The van der Waals surface area contributed by atoms with Gasteiger partial charge in [0.25, 0.3) is 0 Å². The minimum absolute atomic E-state index is 0.0843. The molecule has 1 aromatic heterocycles. The summed E-state index contributed by atoms with van der Waals surface area (Å²) in [6.07, 6.45) is -7.31. The molecule has 20 heavy (non-hydrogen) atoms. The molecule has 3 nitrogen and oxygen atoms in total. The molecular weight excluding hydrogens is 307 g/mol. The fraction of sp³-hybridized carbons (Fsp3) is 0.182. The SMILES string of the molecule is FC(F)(F)C(F)(F)Oc1c(Cl)cccc1-n1ccnc1. The molecule has 2 rings (SSSR count). The lowest BCUT2D eigenvalue weighted by Gasteiger charge is -2.22. The van der Waals surface area contributed by atoms with E-state index in [9.17, 15) is 22.0 Å². The van der Waals surface area contributed by atoms with E-state index in [1.54, 1.807) is 0 Å². The number of imidazole rings is 1. The van der Waals surface area contributed by atoms with Gasteiger partial charge in [-0.1, -0.05) is 17.7 Å². The zero-order valence-electron chi connectivity index (χ0n) is 9.53. The van der Waals surface area contributed by atoms with Crippen LogP contribution in [0.5, 0.6) is 5.75 Å². The van der Waals surface area contributed by atoms with Crippen molar-refractivity contribution in [1.29, 1.82) is 0 Å². The molecule has 0 bridgehead atoms. The molecule has 0 spiro atoms. The third kappa shape index (κ3) is 2.69. The summed E-state index contributed by atoms with van der Waals surface area (Å²) in [5.74, 6) is -0.783. The quantitative estimate of drug-likeness (QED) is 0.799. The highest BCUT2D eigenvalue weighted by Gasteiger charge is 2.61. The van der Waals surface area contributed by atoms with Gasteiger partial charge in [0.05, 0.1) is 17.0 Å². The zero-order chi connectivity index (χ0) is 15.0. The predicted octanol–water partition coefficient (Wildman–Crippen LogP) is 4.06. The topological polar surface area (TPSA) is 27.1 Å². The van der Waals surface area contributed by atoms with E-state index < -0.39 is 18.0 Å². The number of benzene rings is 1. The van der Waals surface area contributed by atoms with Gasteiger partial charge in [0.1, 0.15) is 0 Å². The first-order chi connectivity index (χ1) is 9.22. The highest BCUT2D eigenvalue weighted by Crippen LogP contribution is 2.41. The van der Waals surface area contributed by atoms with E-state index in [4.69, 9.17) is 11.6 Å². The van der Waals surface area contributed by atoms with Crippen LogP contribution in [0.4, 0.5) is 22.0 Å². The molecule has 0 saturated carbocycles. The van der Waals surface area contributed by atoms with E-state index >= 15 is 0 Å². The van der Waals surface area contributed by atoms with Crippen LogP contribution >= 0.6 is 11.6 Å². The molecule has 0 unspecified atom stereocenters. The van der Waals surface area contributed by atoms with E-state index in [0.717, 1.165) is 6.07 Å². The average molecular weight is 313 g/mol. The van der Waals surface area contributed by atoms with Crippen LogP contribution in [0.3, 0.4) is 0 Å². The van der Waals surface area contributed by atoms with Crippen molar-refractivity contribution in [2.75, 3.05) is 0 Å². The van der Waals surface area contributed by atoms with Gasteiger partial charge in [-0.05, 0) is 12.1 Å². The second-order valence-electron chi connectivity index (χ2n) is 3.67. The van der Waals surface area contributed by atoms with Crippen molar-refractivity contribution >= 4 is 11.6 Å². The minimum Gasteiger partial charge on any atom is -0.422 e. The molecule has 1 aromatic carbocycles.